The molecule has 0 aliphatic carbocycles. The summed E-state index contributed by atoms with van der Waals surface area (Å²) in [6.07, 6.45) is 2.94. The summed E-state index contributed by atoms with van der Waals surface area (Å²) in [6, 6.07) is 6.39. The van der Waals surface area contributed by atoms with Crippen molar-refractivity contribution < 1.29 is 9.53 Å². The van der Waals surface area contributed by atoms with E-state index in [-0.39, 0.29) is 11.8 Å². The standard InChI is InChI=1S/C24H33N5O2/c1-16-7-8-18(22(12-16)31-4)13-28-11-9-20-21(15-28)26-23(27-24(20)25-3)19-6-5-10-29(14-19)17(2)30/h7-8,12,19H,5-6,9-11,13-15H2,1-4H3,(H,25,26,27)/t19-/m1/s1. The molecular formula is C24H33N5O2. The van der Waals surface area contributed by atoms with E-state index in [0.29, 0.717) is 6.54 Å². The van der Waals surface area contributed by atoms with Gasteiger partial charge in [0.1, 0.15) is 17.4 Å². The first-order chi connectivity index (χ1) is 15.0. The molecule has 31 heavy (non-hydrogen) atoms. The molecule has 0 radical (unpaired) electrons. The molecule has 0 unspecified atom stereocenters. The molecule has 0 bridgehead atoms. The van der Waals surface area contributed by atoms with Gasteiger partial charge in [0.05, 0.1) is 12.8 Å². The van der Waals surface area contributed by atoms with Gasteiger partial charge < -0.3 is 15.0 Å². The number of nitrogens with one attached hydrogen (secondary N) is 1. The molecule has 1 aromatic carbocycles. The van der Waals surface area contributed by atoms with Crippen molar-refractivity contribution in [2.75, 3.05) is 39.1 Å². The first kappa shape index (κ1) is 21.6. The lowest BCUT2D eigenvalue weighted by atomic mass is 9.96. The molecule has 1 aromatic heterocycles. The molecule has 4 rings (SSSR count). The molecule has 7 heteroatoms. The second kappa shape index (κ2) is 9.22. The average molecular weight is 424 g/mol. The van der Waals surface area contributed by atoms with Crippen molar-refractivity contribution in [2.45, 2.75) is 52.1 Å². The number of likely N-dealkylation sites (tertiary alicyclic amines) is 1. The third-order valence-corrected chi connectivity index (χ3v) is 6.47. The Kier molecular flexibility index (Phi) is 6.41. The Bertz CT molecular complexity index is 961. The van der Waals surface area contributed by atoms with E-state index in [4.69, 9.17) is 14.7 Å². The Labute approximate surface area is 184 Å². The van der Waals surface area contributed by atoms with Gasteiger partial charge in [0.2, 0.25) is 5.91 Å². The van der Waals surface area contributed by atoms with Gasteiger partial charge in [0, 0.05) is 63.7 Å². The summed E-state index contributed by atoms with van der Waals surface area (Å²) in [5, 5.41) is 3.29. The fourth-order valence-electron chi connectivity index (χ4n) is 4.73. The minimum Gasteiger partial charge on any atom is -0.496 e. The third kappa shape index (κ3) is 4.66. The van der Waals surface area contributed by atoms with Crippen molar-refractivity contribution in [1.29, 1.82) is 0 Å². The van der Waals surface area contributed by atoms with Crippen LogP contribution >= 0.6 is 0 Å². The second-order valence-electron chi connectivity index (χ2n) is 8.69. The number of rotatable bonds is 5. The zero-order valence-corrected chi connectivity index (χ0v) is 19.1. The number of ether oxygens (including phenoxy) is 1. The Hall–Kier alpha value is -2.67. The summed E-state index contributed by atoms with van der Waals surface area (Å²) < 4.78 is 5.61. The summed E-state index contributed by atoms with van der Waals surface area (Å²) in [5.74, 6) is 3.07. The molecule has 166 valence electrons. The largest absolute Gasteiger partial charge is 0.496 e. The quantitative estimate of drug-likeness (QED) is 0.797. The third-order valence-electron chi connectivity index (χ3n) is 6.47. The molecule has 0 saturated carbocycles. The molecule has 1 saturated heterocycles. The van der Waals surface area contributed by atoms with E-state index in [1.165, 1.54) is 16.7 Å². The smallest absolute Gasteiger partial charge is 0.219 e. The molecule has 7 nitrogen and oxygen atoms in total. The lowest BCUT2D eigenvalue weighted by Gasteiger charge is -2.33. The van der Waals surface area contributed by atoms with Crippen molar-refractivity contribution >= 4 is 11.7 Å². The molecule has 1 atom stereocenters. The zero-order chi connectivity index (χ0) is 22.0. The number of hydrogen-bond acceptors (Lipinski definition) is 6. The fourth-order valence-corrected chi connectivity index (χ4v) is 4.73. The van der Waals surface area contributed by atoms with Gasteiger partial charge in [-0.2, -0.15) is 0 Å². The van der Waals surface area contributed by atoms with Crippen LogP contribution in [0.4, 0.5) is 5.82 Å². The number of aryl methyl sites for hydroxylation is 1. The van der Waals surface area contributed by atoms with Gasteiger partial charge >= 0.3 is 0 Å². The van der Waals surface area contributed by atoms with Crippen molar-refractivity contribution in [1.82, 2.24) is 19.8 Å². The number of carbonyl (C=O) groups is 1. The van der Waals surface area contributed by atoms with E-state index in [1.807, 2.05) is 11.9 Å². The van der Waals surface area contributed by atoms with Crippen molar-refractivity contribution in [3.05, 3.63) is 46.4 Å². The Morgan fingerprint density at radius 2 is 2.13 bits per heavy atom. The van der Waals surface area contributed by atoms with Crippen molar-refractivity contribution in [2.24, 2.45) is 0 Å². The number of anilines is 1. The van der Waals surface area contributed by atoms with Crippen LogP contribution in [0.2, 0.25) is 0 Å². The highest BCUT2D eigenvalue weighted by Crippen LogP contribution is 2.31. The molecule has 1 fully saturated rings. The maximum Gasteiger partial charge on any atom is 0.219 e. The lowest BCUT2D eigenvalue weighted by molar-refractivity contribution is -0.130. The molecule has 0 spiro atoms. The lowest BCUT2D eigenvalue weighted by Crippen LogP contribution is -2.38. The highest BCUT2D eigenvalue weighted by atomic mass is 16.5. The van der Waals surface area contributed by atoms with Crippen molar-refractivity contribution in [3.8, 4) is 5.75 Å². The van der Waals surface area contributed by atoms with Crippen LogP contribution in [0.3, 0.4) is 0 Å². The van der Waals surface area contributed by atoms with E-state index in [1.54, 1.807) is 14.0 Å². The molecule has 2 aliphatic rings. The van der Waals surface area contributed by atoms with Gasteiger partial charge in [-0.15, -0.1) is 0 Å². The van der Waals surface area contributed by atoms with Crippen LogP contribution in [0.5, 0.6) is 5.75 Å². The Morgan fingerprint density at radius 1 is 1.29 bits per heavy atom. The van der Waals surface area contributed by atoms with E-state index < -0.39 is 0 Å². The number of methoxy groups -OCH3 is 1. The predicted octanol–water partition coefficient (Wildman–Crippen LogP) is 3.12. The number of piperidine rings is 1. The summed E-state index contributed by atoms with van der Waals surface area (Å²) in [6.45, 7) is 7.86. The van der Waals surface area contributed by atoms with Crippen LogP contribution in [0.1, 0.15) is 53.9 Å². The van der Waals surface area contributed by atoms with Crippen molar-refractivity contribution in [3.63, 3.8) is 0 Å². The summed E-state index contributed by atoms with van der Waals surface area (Å²) in [4.78, 5) is 26.1. The number of fused-ring (bicyclic) bond motifs is 1. The van der Waals surface area contributed by atoms with E-state index in [9.17, 15) is 4.79 Å². The molecule has 2 aromatic rings. The summed E-state index contributed by atoms with van der Waals surface area (Å²) >= 11 is 0. The minimum absolute atomic E-state index is 0.134. The molecule has 2 aliphatic heterocycles. The van der Waals surface area contributed by atoms with Crippen LogP contribution in [0.15, 0.2) is 18.2 Å². The van der Waals surface area contributed by atoms with Gasteiger partial charge in [0.25, 0.3) is 0 Å². The SMILES string of the molecule is CNc1nc([C@@H]2CCCN(C(C)=O)C2)nc2c1CCN(Cc1ccc(C)cc1OC)C2. The van der Waals surface area contributed by atoms with Gasteiger partial charge in [-0.1, -0.05) is 12.1 Å². The summed E-state index contributed by atoms with van der Waals surface area (Å²) in [7, 11) is 3.66. The maximum absolute atomic E-state index is 11.9. The average Bonchev–Trinajstić information content (AvgIpc) is 2.79. The predicted molar refractivity (Wildman–Crippen MR) is 121 cm³/mol. The van der Waals surface area contributed by atoms with Crippen LogP contribution in [-0.2, 0) is 24.3 Å². The van der Waals surface area contributed by atoms with Gasteiger partial charge in [-0.25, -0.2) is 9.97 Å². The minimum atomic E-state index is 0.134. The summed E-state index contributed by atoms with van der Waals surface area (Å²) in [5.41, 5.74) is 4.72. The van der Waals surface area contributed by atoms with E-state index >= 15 is 0 Å². The molecule has 1 amide bonds. The van der Waals surface area contributed by atoms with E-state index in [0.717, 1.165) is 68.5 Å². The first-order valence-corrected chi connectivity index (χ1v) is 11.2. The van der Waals surface area contributed by atoms with Crippen LogP contribution in [0, 0.1) is 6.92 Å². The van der Waals surface area contributed by atoms with Gasteiger partial charge in [0.15, 0.2) is 0 Å². The van der Waals surface area contributed by atoms with Crippen LogP contribution in [0.25, 0.3) is 0 Å². The molecule has 3 heterocycles. The maximum atomic E-state index is 11.9. The van der Waals surface area contributed by atoms with Gasteiger partial charge in [-0.05, 0) is 37.8 Å². The second-order valence-corrected chi connectivity index (χ2v) is 8.69. The van der Waals surface area contributed by atoms with Crippen LogP contribution in [-0.4, -0.2) is 59.5 Å². The van der Waals surface area contributed by atoms with Gasteiger partial charge in [-0.3, -0.25) is 9.69 Å². The normalized spacial score (nSPS) is 19.1. The topological polar surface area (TPSA) is 70.6 Å². The number of benzene rings is 1. The van der Waals surface area contributed by atoms with Crippen LogP contribution < -0.4 is 10.1 Å². The number of hydrogen-bond donors (Lipinski definition) is 1. The first-order valence-electron chi connectivity index (χ1n) is 11.2. The fraction of sp³-hybridized carbons (Fsp3) is 0.542. The zero-order valence-electron chi connectivity index (χ0n) is 19.1. The number of carbonyl (C=O) groups excluding carboxylic acids is 1. The Balaban J connectivity index is 1.57. The van der Waals surface area contributed by atoms with E-state index in [2.05, 4.69) is 35.3 Å². The highest BCUT2D eigenvalue weighted by molar-refractivity contribution is 5.73. The number of amides is 1. The number of aromatic nitrogens is 2. The Morgan fingerprint density at radius 3 is 2.87 bits per heavy atom. The molecule has 1 N–H and O–H groups in total. The highest BCUT2D eigenvalue weighted by Gasteiger charge is 2.28. The number of nitrogens with zero attached hydrogens (tertiary/aromatic N) is 4. The monoisotopic (exact) mass is 423 g/mol. The molecular weight excluding hydrogens is 390 g/mol.